The van der Waals surface area contributed by atoms with E-state index >= 15 is 0 Å². The molecular formula is C24H30N2O. The van der Waals surface area contributed by atoms with Gasteiger partial charge in [0.1, 0.15) is 18.5 Å². The van der Waals surface area contributed by atoms with E-state index in [1.807, 2.05) is 0 Å². The van der Waals surface area contributed by atoms with Crippen molar-refractivity contribution in [2.45, 2.75) is 63.1 Å². The third kappa shape index (κ3) is 4.78. The maximum atomic E-state index is 6.28. The summed E-state index contributed by atoms with van der Waals surface area (Å²) in [6.07, 6.45) is 9.46. The molecule has 4 rings (SSSR count). The Labute approximate surface area is 162 Å². The van der Waals surface area contributed by atoms with Crippen molar-refractivity contribution in [2.75, 3.05) is 6.61 Å². The Morgan fingerprint density at radius 2 is 1.37 bits per heavy atom. The van der Waals surface area contributed by atoms with Crippen LogP contribution < -0.4 is 5.32 Å². The van der Waals surface area contributed by atoms with Crippen LogP contribution in [-0.2, 0) is 4.74 Å². The molecule has 2 aromatic rings. The SMILES string of the molecule is c1ccc([C@H]2N=C(COC3CCCCCCC3)N[C@H]2c2ccccc2)cc1. The predicted molar refractivity (Wildman–Crippen MR) is 111 cm³/mol. The Morgan fingerprint density at radius 1 is 0.778 bits per heavy atom. The lowest BCUT2D eigenvalue weighted by Crippen LogP contribution is -2.29. The highest BCUT2D eigenvalue weighted by molar-refractivity contribution is 5.86. The van der Waals surface area contributed by atoms with E-state index in [2.05, 4.69) is 66.0 Å². The molecule has 0 unspecified atom stereocenters. The summed E-state index contributed by atoms with van der Waals surface area (Å²) in [7, 11) is 0. The van der Waals surface area contributed by atoms with Crippen molar-refractivity contribution in [3.05, 3.63) is 71.8 Å². The number of benzene rings is 2. The third-order valence-corrected chi connectivity index (χ3v) is 5.74. The quantitative estimate of drug-likeness (QED) is 0.751. The fraction of sp³-hybridized carbons (Fsp3) is 0.458. The molecule has 2 aliphatic rings. The molecule has 0 saturated heterocycles. The van der Waals surface area contributed by atoms with Gasteiger partial charge in [0, 0.05) is 0 Å². The molecule has 1 saturated carbocycles. The fourth-order valence-corrected chi connectivity index (χ4v) is 4.24. The predicted octanol–water partition coefficient (Wildman–Crippen LogP) is 5.60. The second kappa shape index (κ2) is 9.18. The highest BCUT2D eigenvalue weighted by Crippen LogP contribution is 2.36. The number of hydrogen-bond donors (Lipinski definition) is 1. The minimum Gasteiger partial charge on any atom is -0.370 e. The highest BCUT2D eigenvalue weighted by Gasteiger charge is 2.31. The molecule has 0 radical (unpaired) electrons. The molecule has 2 aromatic carbocycles. The van der Waals surface area contributed by atoms with Gasteiger partial charge in [-0.1, -0.05) is 92.8 Å². The van der Waals surface area contributed by atoms with Gasteiger partial charge in [-0.3, -0.25) is 4.99 Å². The van der Waals surface area contributed by atoms with E-state index in [4.69, 9.17) is 9.73 Å². The number of nitrogens with zero attached hydrogens (tertiary/aromatic N) is 1. The molecule has 2 atom stereocenters. The van der Waals surface area contributed by atoms with Crippen molar-refractivity contribution in [1.82, 2.24) is 5.32 Å². The van der Waals surface area contributed by atoms with Gasteiger partial charge in [0.05, 0.1) is 12.1 Å². The van der Waals surface area contributed by atoms with Crippen molar-refractivity contribution >= 4 is 5.84 Å². The fourth-order valence-electron chi connectivity index (χ4n) is 4.24. The maximum Gasteiger partial charge on any atom is 0.124 e. The van der Waals surface area contributed by atoms with Crippen LogP contribution in [0.4, 0.5) is 0 Å². The van der Waals surface area contributed by atoms with Crippen LogP contribution >= 0.6 is 0 Å². The number of rotatable bonds is 5. The van der Waals surface area contributed by atoms with E-state index in [9.17, 15) is 0 Å². The molecule has 1 aliphatic heterocycles. The van der Waals surface area contributed by atoms with Gasteiger partial charge in [-0.05, 0) is 24.0 Å². The second-order valence-corrected chi connectivity index (χ2v) is 7.74. The molecule has 1 fully saturated rings. The van der Waals surface area contributed by atoms with Gasteiger partial charge in [0.2, 0.25) is 0 Å². The lowest BCUT2D eigenvalue weighted by Gasteiger charge is -2.21. The average Bonchev–Trinajstić information content (AvgIpc) is 3.13. The summed E-state index contributed by atoms with van der Waals surface area (Å²) in [5.74, 6) is 0.986. The molecule has 3 nitrogen and oxygen atoms in total. The second-order valence-electron chi connectivity index (χ2n) is 7.74. The lowest BCUT2D eigenvalue weighted by molar-refractivity contribution is 0.0599. The zero-order valence-electron chi connectivity index (χ0n) is 16.0. The van der Waals surface area contributed by atoms with Gasteiger partial charge in [-0.25, -0.2) is 0 Å². The van der Waals surface area contributed by atoms with Crippen LogP contribution in [0.5, 0.6) is 0 Å². The first-order valence-electron chi connectivity index (χ1n) is 10.4. The third-order valence-electron chi connectivity index (χ3n) is 5.74. The Balaban J connectivity index is 1.46. The molecule has 0 spiro atoms. The van der Waals surface area contributed by atoms with E-state index in [1.54, 1.807) is 0 Å². The van der Waals surface area contributed by atoms with Gasteiger partial charge >= 0.3 is 0 Å². The number of aliphatic imine (C=N–C) groups is 1. The van der Waals surface area contributed by atoms with E-state index in [1.165, 1.54) is 56.1 Å². The zero-order valence-corrected chi connectivity index (χ0v) is 16.0. The summed E-state index contributed by atoms with van der Waals surface area (Å²) < 4.78 is 6.28. The molecule has 142 valence electrons. The minimum absolute atomic E-state index is 0.101. The molecular weight excluding hydrogens is 332 g/mol. The van der Waals surface area contributed by atoms with Gasteiger partial charge in [0.25, 0.3) is 0 Å². The maximum absolute atomic E-state index is 6.28. The van der Waals surface area contributed by atoms with Gasteiger partial charge < -0.3 is 10.1 Å². The summed E-state index contributed by atoms with van der Waals surface area (Å²) in [6, 6.07) is 21.5. The Kier molecular flexibility index (Phi) is 6.21. The van der Waals surface area contributed by atoms with Crippen molar-refractivity contribution in [3.63, 3.8) is 0 Å². The van der Waals surface area contributed by atoms with Crippen LogP contribution in [0.25, 0.3) is 0 Å². The largest absolute Gasteiger partial charge is 0.370 e. The number of hydrogen-bond acceptors (Lipinski definition) is 3. The lowest BCUT2D eigenvalue weighted by atomic mass is 9.95. The van der Waals surface area contributed by atoms with Crippen molar-refractivity contribution in [1.29, 1.82) is 0 Å². The molecule has 0 bridgehead atoms. The van der Waals surface area contributed by atoms with Crippen LogP contribution in [0, 0.1) is 0 Å². The summed E-state index contributed by atoms with van der Waals surface area (Å²) in [4.78, 5) is 5.02. The molecule has 27 heavy (non-hydrogen) atoms. The zero-order chi connectivity index (χ0) is 18.3. The Morgan fingerprint density at radius 3 is 2.04 bits per heavy atom. The molecule has 0 amide bonds. The highest BCUT2D eigenvalue weighted by atomic mass is 16.5. The van der Waals surface area contributed by atoms with Crippen molar-refractivity contribution < 1.29 is 4.74 Å². The Bertz CT molecular complexity index is 721. The summed E-state index contributed by atoms with van der Waals surface area (Å²) in [5.41, 5.74) is 2.52. The van der Waals surface area contributed by atoms with Gasteiger partial charge in [-0.2, -0.15) is 0 Å². The Hall–Kier alpha value is -2.13. The normalized spacial score (nSPS) is 23.9. The summed E-state index contributed by atoms with van der Waals surface area (Å²) in [5, 5.41) is 3.65. The van der Waals surface area contributed by atoms with E-state index < -0.39 is 0 Å². The molecule has 1 aliphatic carbocycles. The number of ether oxygens (including phenoxy) is 1. The van der Waals surface area contributed by atoms with Crippen LogP contribution in [0.1, 0.15) is 68.2 Å². The van der Waals surface area contributed by atoms with Crippen LogP contribution in [0.15, 0.2) is 65.7 Å². The molecule has 3 heteroatoms. The first-order chi connectivity index (χ1) is 13.4. The first kappa shape index (κ1) is 18.2. The van der Waals surface area contributed by atoms with Crippen molar-refractivity contribution in [3.8, 4) is 0 Å². The van der Waals surface area contributed by atoms with E-state index in [0.717, 1.165) is 5.84 Å². The van der Waals surface area contributed by atoms with Crippen LogP contribution in [0.3, 0.4) is 0 Å². The summed E-state index contributed by atoms with van der Waals surface area (Å²) in [6.45, 7) is 0.595. The minimum atomic E-state index is 0.101. The van der Waals surface area contributed by atoms with E-state index in [0.29, 0.717) is 12.7 Å². The standard InChI is InChI=1S/C24H30N2O/c1-2-10-16-21(17-11-3-1)27-18-22-25-23(19-12-6-4-7-13-19)24(26-22)20-14-8-5-9-15-20/h4-9,12-15,21,23-24H,1-3,10-11,16-18H2,(H,25,26)/t23-,24+. The number of amidine groups is 1. The molecule has 0 aromatic heterocycles. The summed E-state index contributed by atoms with van der Waals surface area (Å²) >= 11 is 0. The van der Waals surface area contributed by atoms with Gasteiger partial charge in [0.15, 0.2) is 0 Å². The first-order valence-corrected chi connectivity index (χ1v) is 10.4. The van der Waals surface area contributed by atoms with Crippen molar-refractivity contribution in [2.24, 2.45) is 4.99 Å². The topological polar surface area (TPSA) is 33.6 Å². The molecule has 1 heterocycles. The van der Waals surface area contributed by atoms with Gasteiger partial charge in [-0.15, -0.1) is 0 Å². The smallest absolute Gasteiger partial charge is 0.124 e. The average molecular weight is 363 g/mol. The monoisotopic (exact) mass is 362 g/mol. The van der Waals surface area contributed by atoms with E-state index in [-0.39, 0.29) is 12.1 Å². The number of nitrogens with one attached hydrogen (secondary N) is 1. The van der Waals surface area contributed by atoms with Crippen LogP contribution in [-0.4, -0.2) is 18.5 Å². The molecule has 1 N–H and O–H groups in total. The van der Waals surface area contributed by atoms with Crippen LogP contribution in [0.2, 0.25) is 0 Å².